The first-order valence-electron chi connectivity index (χ1n) is 26.0. The van der Waals surface area contributed by atoms with Crippen LogP contribution >= 0.6 is 0 Å². The summed E-state index contributed by atoms with van der Waals surface area (Å²) >= 11 is 0. The average Bonchev–Trinajstić information content (AvgIpc) is 3.25. The molecule has 0 saturated carbocycles. The predicted molar refractivity (Wildman–Crippen MR) is 264 cm³/mol. The number of carbonyl (C=O) groups is 2. The van der Waals surface area contributed by atoms with Crippen LogP contribution in [0.15, 0.2) is 60.8 Å². The van der Waals surface area contributed by atoms with Gasteiger partial charge in [-0.1, -0.05) is 223 Å². The Morgan fingerprint density at radius 1 is 0.508 bits per heavy atom. The lowest BCUT2D eigenvalue weighted by atomic mass is 10.0. The number of allylic oxidation sites excluding steroid dienone is 10. The number of esters is 1. The van der Waals surface area contributed by atoms with Crippen molar-refractivity contribution < 1.29 is 24.5 Å². The molecule has 0 rings (SSSR count). The van der Waals surface area contributed by atoms with E-state index in [9.17, 15) is 19.8 Å². The maximum Gasteiger partial charge on any atom is 0.306 e. The lowest BCUT2D eigenvalue weighted by Gasteiger charge is -2.24. The first-order chi connectivity index (χ1) is 30.0. The van der Waals surface area contributed by atoms with E-state index >= 15 is 0 Å². The van der Waals surface area contributed by atoms with Crippen molar-refractivity contribution in [3.63, 3.8) is 0 Å². The molecule has 0 heterocycles. The van der Waals surface area contributed by atoms with Crippen molar-refractivity contribution in [2.45, 2.75) is 270 Å². The molecule has 0 aliphatic rings. The SMILES string of the molecule is CC/C=C/C/C=C/CCCCCCCCCC(=O)OC(CCCCC/C=C/C=C/C=C/CCCCCCC)CC(=O)NC(CO)C(O)CCCCCCCCCCCCCC. The minimum Gasteiger partial charge on any atom is -0.462 e. The Kier molecular flexibility index (Phi) is 46.6. The molecule has 0 aromatic carbocycles. The second-order valence-corrected chi connectivity index (χ2v) is 17.6. The van der Waals surface area contributed by atoms with Crippen molar-refractivity contribution in [1.82, 2.24) is 5.32 Å². The van der Waals surface area contributed by atoms with E-state index in [-0.39, 0.29) is 24.9 Å². The largest absolute Gasteiger partial charge is 0.462 e. The highest BCUT2D eigenvalue weighted by molar-refractivity contribution is 5.77. The van der Waals surface area contributed by atoms with E-state index in [1.54, 1.807) is 0 Å². The van der Waals surface area contributed by atoms with Crippen molar-refractivity contribution in [2.24, 2.45) is 0 Å². The number of ether oxygens (including phenoxy) is 1. The van der Waals surface area contributed by atoms with E-state index in [2.05, 4.69) is 86.8 Å². The standard InChI is InChI=1S/C55H99NO5/c1-4-7-10-13-16-19-22-25-27-28-29-31-34-37-40-43-46-51(61-55(60)48-45-42-39-36-33-30-26-23-20-17-14-11-8-5-2)49-54(59)56-52(50-57)53(58)47-44-41-38-35-32-24-21-18-15-12-9-6-3/h8,11,17,20,22,25,27-29,31,51-53,57-58H,4-7,9-10,12-16,18-19,21,23-24,26,30,32-50H2,1-3H3,(H,56,59)/b11-8+,20-17+,25-22+,28-27+,31-29+. The fourth-order valence-corrected chi connectivity index (χ4v) is 7.70. The molecule has 1 amide bonds. The highest BCUT2D eigenvalue weighted by Crippen LogP contribution is 2.17. The number of hydrogen-bond acceptors (Lipinski definition) is 5. The summed E-state index contributed by atoms with van der Waals surface area (Å²) in [4.78, 5) is 26.1. The van der Waals surface area contributed by atoms with Gasteiger partial charge in [-0.15, -0.1) is 0 Å². The van der Waals surface area contributed by atoms with Gasteiger partial charge in [-0.25, -0.2) is 0 Å². The number of aliphatic hydroxyl groups excluding tert-OH is 2. The Hall–Kier alpha value is -2.44. The molecule has 0 spiro atoms. The van der Waals surface area contributed by atoms with Gasteiger partial charge in [0.15, 0.2) is 0 Å². The molecule has 0 radical (unpaired) electrons. The van der Waals surface area contributed by atoms with Crippen LogP contribution < -0.4 is 5.32 Å². The third-order valence-electron chi connectivity index (χ3n) is 11.6. The molecule has 0 aromatic heterocycles. The lowest BCUT2D eigenvalue weighted by Crippen LogP contribution is -2.46. The molecule has 354 valence electrons. The first kappa shape index (κ1) is 58.6. The van der Waals surface area contributed by atoms with E-state index in [0.29, 0.717) is 19.3 Å². The van der Waals surface area contributed by atoms with E-state index < -0.39 is 18.2 Å². The summed E-state index contributed by atoms with van der Waals surface area (Å²) in [5.74, 6) is -0.515. The smallest absolute Gasteiger partial charge is 0.306 e. The predicted octanol–water partition coefficient (Wildman–Crippen LogP) is 15.6. The van der Waals surface area contributed by atoms with Gasteiger partial charge in [-0.05, 0) is 77.0 Å². The minimum absolute atomic E-state index is 0.0507. The Bertz CT molecular complexity index is 1090. The summed E-state index contributed by atoms with van der Waals surface area (Å²) in [5, 5.41) is 23.8. The van der Waals surface area contributed by atoms with Gasteiger partial charge in [0.25, 0.3) is 0 Å². The third-order valence-corrected chi connectivity index (χ3v) is 11.6. The number of unbranched alkanes of at least 4 members (excludes halogenated alkanes) is 26. The summed E-state index contributed by atoms with van der Waals surface area (Å²) in [6.45, 7) is 6.35. The highest BCUT2D eigenvalue weighted by Gasteiger charge is 2.24. The van der Waals surface area contributed by atoms with Crippen LogP contribution in [0.2, 0.25) is 0 Å². The van der Waals surface area contributed by atoms with Gasteiger partial charge < -0.3 is 20.3 Å². The zero-order chi connectivity index (χ0) is 44.5. The fourth-order valence-electron chi connectivity index (χ4n) is 7.70. The van der Waals surface area contributed by atoms with Crippen LogP contribution in [-0.2, 0) is 14.3 Å². The molecule has 0 aliphatic carbocycles. The maximum atomic E-state index is 13.2. The molecule has 3 unspecified atom stereocenters. The molecule has 0 bridgehead atoms. The molecular weight excluding hydrogens is 755 g/mol. The zero-order valence-corrected chi connectivity index (χ0v) is 40.3. The summed E-state index contributed by atoms with van der Waals surface area (Å²) in [5.41, 5.74) is 0. The molecule has 0 saturated heterocycles. The summed E-state index contributed by atoms with van der Waals surface area (Å²) in [6, 6.07) is -0.715. The van der Waals surface area contributed by atoms with Crippen LogP contribution in [0.3, 0.4) is 0 Å². The fraction of sp³-hybridized carbons (Fsp3) is 0.782. The zero-order valence-electron chi connectivity index (χ0n) is 40.3. The van der Waals surface area contributed by atoms with Crippen molar-refractivity contribution >= 4 is 11.9 Å². The van der Waals surface area contributed by atoms with E-state index in [1.807, 2.05) is 0 Å². The number of hydrogen-bond donors (Lipinski definition) is 3. The molecule has 0 aromatic rings. The van der Waals surface area contributed by atoms with Crippen LogP contribution in [-0.4, -0.2) is 46.9 Å². The van der Waals surface area contributed by atoms with Gasteiger partial charge in [-0.2, -0.15) is 0 Å². The summed E-state index contributed by atoms with van der Waals surface area (Å²) < 4.78 is 5.92. The molecule has 6 heteroatoms. The minimum atomic E-state index is -0.799. The van der Waals surface area contributed by atoms with Gasteiger partial charge in [0.1, 0.15) is 6.10 Å². The number of aliphatic hydroxyl groups is 2. The Balaban J connectivity index is 4.67. The van der Waals surface area contributed by atoms with Crippen molar-refractivity contribution in [3.05, 3.63) is 60.8 Å². The third kappa shape index (κ3) is 44.0. The maximum absolute atomic E-state index is 13.2. The van der Waals surface area contributed by atoms with Gasteiger partial charge in [-0.3, -0.25) is 9.59 Å². The topological polar surface area (TPSA) is 95.9 Å². The highest BCUT2D eigenvalue weighted by atomic mass is 16.5. The Labute approximate surface area is 378 Å². The van der Waals surface area contributed by atoms with Gasteiger partial charge >= 0.3 is 5.97 Å². The van der Waals surface area contributed by atoms with Crippen LogP contribution in [0, 0.1) is 0 Å². The molecular formula is C55H99NO5. The second-order valence-electron chi connectivity index (χ2n) is 17.6. The van der Waals surface area contributed by atoms with Crippen LogP contribution in [0.1, 0.15) is 252 Å². The van der Waals surface area contributed by atoms with E-state index in [4.69, 9.17) is 4.74 Å². The summed E-state index contributed by atoms with van der Waals surface area (Å²) in [7, 11) is 0. The monoisotopic (exact) mass is 854 g/mol. The molecule has 61 heavy (non-hydrogen) atoms. The van der Waals surface area contributed by atoms with Crippen molar-refractivity contribution in [1.29, 1.82) is 0 Å². The van der Waals surface area contributed by atoms with E-state index in [0.717, 1.165) is 89.9 Å². The molecule has 0 aliphatic heterocycles. The first-order valence-corrected chi connectivity index (χ1v) is 26.0. The molecule has 3 atom stereocenters. The van der Waals surface area contributed by atoms with Gasteiger partial charge in [0, 0.05) is 6.42 Å². The van der Waals surface area contributed by atoms with Gasteiger partial charge in [0.05, 0.1) is 25.2 Å². The lowest BCUT2D eigenvalue weighted by molar-refractivity contribution is -0.151. The van der Waals surface area contributed by atoms with Gasteiger partial charge in [0.2, 0.25) is 5.91 Å². The number of rotatable bonds is 46. The van der Waals surface area contributed by atoms with Crippen molar-refractivity contribution in [2.75, 3.05) is 6.61 Å². The van der Waals surface area contributed by atoms with Crippen LogP contribution in [0.5, 0.6) is 0 Å². The second kappa shape index (κ2) is 48.6. The normalized spacial score (nSPS) is 13.7. The molecule has 6 nitrogen and oxygen atoms in total. The number of nitrogens with one attached hydrogen (secondary N) is 1. The summed E-state index contributed by atoms with van der Waals surface area (Å²) in [6.07, 6.45) is 59.9. The molecule has 0 fully saturated rings. The van der Waals surface area contributed by atoms with Crippen molar-refractivity contribution in [3.8, 4) is 0 Å². The average molecular weight is 854 g/mol. The molecule has 3 N–H and O–H groups in total. The number of amides is 1. The number of carbonyl (C=O) groups excluding carboxylic acids is 2. The van der Waals surface area contributed by atoms with Crippen LogP contribution in [0.4, 0.5) is 0 Å². The Morgan fingerprint density at radius 2 is 0.951 bits per heavy atom. The Morgan fingerprint density at radius 3 is 1.48 bits per heavy atom. The van der Waals surface area contributed by atoms with Crippen LogP contribution in [0.25, 0.3) is 0 Å². The van der Waals surface area contributed by atoms with E-state index in [1.165, 1.54) is 116 Å². The quantitative estimate of drug-likeness (QED) is 0.0245.